The Morgan fingerprint density at radius 3 is 2.30 bits per heavy atom. The van der Waals surface area contributed by atoms with Crippen molar-refractivity contribution < 1.29 is 19.1 Å². The number of hydrogen-bond donors (Lipinski definition) is 1. The monoisotopic (exact) mass is 446 g/mol. The van der Waals surface area contributed by atoms with Crippen LogP contribution < -0.4 is 5.32 Å². The van der Waals surface area contributed by atoms with Crippen molar-refractivity contribution in [2.45, 2.75) is 38.3 Å². The highest BCUT2D eigenvalue weighted by atomic mass is 16.6. The van der Waals surface area contributed by atoms with Crippen LogP contribution in [-0.4, -0.2) is 47.4 Å². The van der Waals surface area contributed by atoms with Crippen molar-refractivity contribution in [3.63, 3.8) is 0 Å². The molecule has 6 nitrogen and oxygen atoms in total. The lowest BCUT2D eigenvalue weighted by Crippen LogP contribution is -2.65. The lowest BCUT2D eigenvalue weighted by atomic mass is 9.70. The third-order valence-electron chi connectivity index (χ3n) is 6.15. The molecule has 0 saturated carbocycles. The summed E-state index contributed by atoms with van der Waals surface area (Å²) in [6.07, 6.45) is 3.87. The number of carbonyl (C=O) groups excluding carboxylic acids is 3. The minimum atomic E-state index is -0.635. The third kappa shape index (κ3) is 5.00. The van der Waals surface area contributed by atoms with Crippen molar-refractivity contribution in [2.24, 2.45) is 11.8 Å². The molecule has 0 spiro atoms. The van der Waals surface area contributed by atoms with Gasteiger partial charge < -0.3 is 15.0 Å². The molecule has 4 atom stereocenters. The Bertz CT molecular complexity index is 1040. The highest BCUT2D eigenvalue weighted by molar-refractivity contribution is 5.96. The SMILES string of the molecule is CC(C)(C)OC(=O)CN1C(=O)[C@@H](C2C(=O)NC[C@@H]2c2ccccc2)[C@H]1C=Cc1ccccc1. The minimum Gasteiger partial charge on any atom is -0.459 e. The van der Waals surface area contributed by atoms with E-state index in [1.54, 1.807) is 20.8 Å². The van der Waals surface area contributed by atoms with Gasteiger partial charge in [-0.3, -0.25) is 14.4 Å². The summed E-state index contributed by atoms with van der Waals surface area (Å²) < 4.78 is 5.44. The van der Waals surface area contributed by atoms with Crippen LogP contribution in [0.5, 0.6) is 0 Å². The van der Waals surface area contributed by atoms with Gasteiger partial charge in [0.15, 0.2) is 0 Å². The first-order valence-corrected chi connectivity index (χ1v) is 11.3. The summed E-state index contributed by atoms with van der Waals surface area (Å²) in [5.74, 6) is -1.86. The topological polar surface area (TPSA) is 75.7 Å². The van der Waals surface area contributed by atoms with E-state index in [1.807, 2.05) is 72.8 Å². The Morgan fingerprint density at radius 2 is 1.67 bits per heavy atom. The summed E-state index contributed by atoms with van der Waals surface area (Å²) in [6.45, 7) is 5.75. The number of carbonyl (C=O) groups is 3. The average molecular weight is 447 g/mol. The minimum absolute atomic E-state index is 0.0936. The molecular weight excluding hydrogens is 416 g/mol. The van der Waals surface area contributed by atoms with E-state index in [1.165, 1.54) is 4.90 Å². The number of β-lactam (4-membered cyclic amide) rings is 1. The summed E-state index contributed by atoms with van der Waals surface area (Å²) in [4.78, 5) is 40.2. The summed E-state index contributed by atoms with van der Waals surface area (Å²) in [5, 5.41) is 2.94. The Hall–Kier alpha value is -3.41. The van der Waals surface area contributed by atoms with E-state index in [0.717, 1.165) is 11.1 Å². The summed E-state index contributed by atoms with van der Waals surface area (Å²) in [5.41, 5.74) is 1.39. The van der Waals surface area contributed by atoms with Gasteiger partial charge in [0.1, 0.15) is 12.1 Å². The maximum Gasteiger partial charge on any atom is 0.326 e. The molecular formula is C27H30N2O4. The second kappa shape index (κ2) is 9.22. The predicted octanol–water partition coefficient (Wildman–Crippen LogP) is 3.40. The molecule has 2 aromatic rings. The Kier molecular flexibility index (Phi) is 6.36. The molecule has 0 aliphatic carbocycles. The maximum absolute atomic E-state index is 13.3. The molecule has 0 aromatic heterocycles. The third-order valence-corrected chi connectivity index (χ3v) is 6.15. The van der Waals surface area contributed by atoms with Gasteiger partial charge in [0, 0.05) is 12.5 Å². The number of benzene rings is 2. The van der Waals surface area contributed by atoms with Crippen molar-refractivity contribution >= 4 is 23.9 Å². The Morgan fingerprint density at radius 1 is 1.03 bits per heavy atom. The van der Waals surface area contributed by atoms with E-state index >= 15 is 0 Å². The fourth-order valence-corrected chi connectivity index (χ4v) is 4.73. The number of rotatable bonds is 6. The second-order valence-corrected chi connectivity index (χ2v) is 9.63. The van der Waals surface area contributed by atoms with Crippen molar-refractivity contribution in [1.82, 2.24) is 10.2 Å². The van der Waals surface area contributed by atoms with E-state index in [9.17, 15) is 14.4 Å². The molecule has 0 radical (unpaired) electrons. The lowest BCUT2D eigenvalue weighted by Gasteiger charge is -2.48. The van der Waals surface area contributed by atoms with Crippen LogP contribution >= 0.6 is 0 Å². The van der Waals surface area contributed by atoms with Gasteiger partial charge in [-0.2, -0.15) is 0 Å². The van der Waals surface area contributed by atoms with E-state index < -0.39 is 23.4 Å². The van der Waals surface area contributed by atoms with Gasteiger partial charge in [-0.15, -0.1) is 0 Å². The normalized spacial score (nSPS) is 25.1. The molecule has 2 saturated heterocycles. The molecule has 6 heteroatoms. The Labute approximate surface area is 194 Å². The highest BCUT2D eigenvalue weighted by Crippen LogP contribution is 2.43. The number of nitrogens with one attached hydrogen (secondary N) is 1. The first-order chi connectivity index (χ1) is 15.7. The molecule has 2 aliphatic heterocycles. The van der Waals surface area contributed by atoms with Crippen LogP contribution in [-0.2, 0) is 19.1 Å². The first kappa shape index (κ1) is 22.8. The molecule has 4 rings (SSSR count). The second-order valence-electron chi connectivity index (χ2n) is 9.63. The zero-order valence-corrected chi connectivity index (χ0v) is 19.2. The molecule has 33 heavy (non-hydrogen) atoms. The molecule has 2 aromatic carbocycles. The largest absolute Gasteiger partial charge is 0.459 e. The van der Waals surface area contributed by atoms with Crippen molar-refractivity contribution in [2.75, 3.05) is 13.1 Å². The van der Waals surface area contributed by atoms with Gasteiger partial charge in [-0.1, -0.05) is 72.8 Å². The van der Waals surface area contributed by atoms with Crippen LogP contribution in [0, 0.1) is 11.8 Å². The fourth-order valence-electron chi connectivity index (χ4n) is 4.73. The van der Waals surface area contributed by atoms with Crippen molar-refractivity contribution in [3.8, 4) is 0 Å². The Balaban J connectivity index is 1.61. The van der Waals surface area contributed by atoms with Crippen LogP contribution in [0.3, 0.4) is 0 Å². The van der Waals surface area contributed by atoms with E-state index in [2.05, 4.69) is 5.32 Å². The van der Waals surface area contributed by atoms with Crippen LogP contribution in [0.1, 0.15) is 37.8 Å². The van der Waals surface area contributed by atoms with Gasteiger partial charge in [0.25, 0.3) is 0 Å². The molecule has 1 unspecified atom stereocenters. The molecule has 2 amide bonds. The van der Waals surface area contributed by atoms with Gasteiger partial charge in [-0.05, 0) is 31.9 Å². The standard InChI is InChI=1S/C27H30N2O4/c1-27(2,3)33-22(30)17-29-21(15-14-18-10-6-4-7-11-18)24(26(29)32)23-20(16-28-25(23)31)19-12-8-5-9-13-19/h4-15,20-21,23-24H,16-17H2,1-3H3,(H,28,31)/t20-,21-,23?,24-/m1/s1. The zero-order valence-electron chi connectivity index (χ0n) is 19.2. The summed E-state index contributed by atoms with van der Waals surface area (Å²) in [7, 11) is 0. The lowest BCUT2D eigenvalue weighted by molar-refractivity contribution is -0.171. The van der Waals surface area contributed by atoms with Crippen LogP contribution in [0.4, 0.5) is 0 Å². The number of nitrogens with zero attached hydrogens (tertiary/aromatic N) is 1. The summed E-state index contributed by atoms with van der Waals surface area (Å²) >= 11 is 0. The highest BCUT2D eigenvalue weighted by Gasteiger charge is 2.56. The quantitative estimate of drug-likeness (QED) is 0.545. The number of esters is 1. The molecule has 2 heterocycles. The van der Waals surface area contributed by atoms with E-state index in [0.29, 0.717) is 6.54 Å². The van der Waals surface area contributed by atoms with Gasteiger partial charge in [0.2, 0.25) is 11.8 Å². The maximum atomic E-state index is 13.3. The van der Waals surface area contributed by atoms with Crippen LogP contribution in [0.15, 0.2) is 66.7 Å². The fraction of sp³-hybridized carbons (Fsp3) is 0.370. The predicted molar refractivity (Wildman–Crippen MR) is 126 cm³/mol. The number of ether oxygens (including phenoxy) is 1. The summed E-state index contributed by atoms with van der Waals surface area (Å²) in [6, 6.07) is 19.2. The smallest absolute Gasteiger partial charge is 0.326 e. The number of hydrogen-bond acceptors (Lipinski definition) is 4. The van der Waals surface area contributed by atoms with Crippen molar-refractivity contribution in [3.05, 3.63) is 77.9 Å². The van der Waals surface area contributed by atoms with E-state index in [-0.39, 0.29) is 30.3 Å². The molecule has 1 N–H and O–H groups in total. The van der Waals surface area contributed by atoms with Crippen LogP contribution in [0.25, 0.3) is 6.08 Å². The van der Waals surface area contributed by atoms with Crippen LogP contribution in [0.2, 0.25) is 0 Å². The molecule has 172 valence electrons. The molecule has 2 fully saturated rings. The average Bonchev–Trinajstić information content (AvgIpc) is 3.15. The van der Waals surface area contributed by atoms with E-state index in [4.69, 9.17) is 4.74 Å². The first-order valence-electron chi connectivity index (χ1n) is 11.3. The zero-order chi connectivity index (χ0) is 23.6. The van der Waals surface area contributed by atoms with Gasteiger partial charge in [0.05, 0.1) is 17.9 Å². The van der Waals surface area contributed by atoms with Gasteiger partial charge >= 0.3 is 5.97 Å². The molecule has 0 bridgehead atoms. The molecule has 2 aliphatic rings. The van der Waals surface area contributed by atoms with Crippen molar-refractivity contribution in [1.29, 1.82) is 0 Å². The number of likely N-dealkylation sites (tertiary alicyclic amines) is 1. The van der Waals surface area contributed by atoms with Gasteiger partial charge in [-0.25, -0.2) is 0 Å². The number of amides is 2.